The van der Waals surface area contributed by atoms with Gasteiger partial charge in [0, 0.05) is 24.0 Å². The predicted octanol–water partition coefficient (Wildman–Crippen LogP) is 3.94. The topological polar surface area (TPSA) is 81.9 Å². The quantitative estimate of drug-likeness (QED) is 0.475. The summed E-state index contributed by atoms with van der Waals surface area (Å²) in [6, 6.07) is 20.8. The summed E-state index contributed by atoms with van der Waals surface area (Å²) < 4.78 is 12.6. The van der Waals surface area contributed by atoms with Crippen molar-refractivity contribution in [1.29, 1.82) is 0 Å². The van der Waals surface area contributed by atoms with E-state index in [1.54, 1.807) is 48.5 Å². The van der Waals surface area contributed by atoms with Gasteiger partial charge in [-0.1, -0.05) is 35.9 Å². The Morgan fingerprint density at radius 1 is 0.968 bits per heavy atom. The zero-order valence-electron chi connectivity index (χ0n) is 16.3. The van der Waals surface area contributed by atoms with Crippen LogP contribution in [0.15, 0.2) is 83.8 Å². The highest BCUT2D eigenvalue weighted by Crippen LogP contribution is 2.19. The number of carbonyl (C=O) groups is 1. The molecule has 1 amide bonds. The highest BCUT2D eigenvalue weighted by molar-refractivity contribution is 6.30. The first-order valence-corrected chi connectivity index (χ1v) is 9.83. The van der Waals surface area contributed by atoms with Crippen molar-refractivity contribution in [2.24, 2.45) is 0 Å². The van der Waals surface area contributed by atoms with Gasteiger partial charge in [-0.15, -0.1) is 0 Å². The minimum absolute atomic E-state index is 0.100. The lowest BCUT2D eigenvalue weighted by molar-refractivity contribution is -0.118. The van der Waals surface area contributed by atoms with Crippen LogP contribution in [0.2, 0.25) is 5.02 Å². The lowest BCUT2D eigenvalue weighted by atomic mass is 10.3. The third kappa shape index (κ3) is 5.40. The van der Waals surface area contributed by atoms with Gasteiger partial charge in [-0.25, -0.2) is 4.98 Å². The van der Waals surface area contributed by atoms with Crippen LogP contribution in [0.5, 0.6) is 11.5 Å². The molecule has 0 saturated heterocycles. The van der Waals surface area contributed by atoms with Crippen LogP contribution in [0.3, 0.4) is 0 Å². The third-order valence-electron chi connectivity index (χ3n) is 4.29. The van der Waals surface area contributed by atoms with E-state index < -0.39 is 0 Å². The predicted molar refractivity (Wildman–Crippen MR) is 118 cm³/mol. The summed E-state index contributed by atoms with van der Waals surface area (Å²) in [5.74, 6) is 0.861. The van der Waals surface area contributed by atoms with Crippen molar-refractivity contribution in [2.45, 2.75) is 6.61 Å². The van der Waals surface area contributed by atoms with E-state index in [2.05, 4.69) is 10.3 Å². The summed E-state index contributed by atoms with van der Waals surface area (Å²) in [5.41, 5.74) is 1.29. The fourth-order valence-electron chi connectivity index (χ4n) is 2.88. The van der Waals surface area contributed by atoms with Gasteiger partial charge in [0.1, 0.15) is 23.8 Å². The maximum atomic E-state index is 12.3. The minimum atomic E-state index is -0.288. The SMILES string of the molecule is O=C(COc1ccccc1)Nc1cccc(OCc2cc(=O)n3cc(Cl)ccc3n2)c1. The number of anilines is 1. The highest BCUT2D eigenvalue weighted by Gasteiger charge is 2.07. The van der Waals surface area contributed by atoms with Crippen molar-refractivity contribution in [2.75, 3.05) is 11.9 Å². The van der Waals surface area contributed by atoms with Crippen LogP contribution in [-0.4, -0.2) is 21.9 Å². The van der Waals surface area contributed by atoms with Crippen molar-refractivity contribution in [1.82, 2.24) is 9.38 Å². The molecule has 0 fully saturated rings. The monoisotopic (exact) mass is 435 g/mol. The van der Waals surface area contributed by atoms with Gasteiger partial charge in [0.25, 0.3) is 11.5 Å². The molecule has 0 bridgehead atoms. The van der Waals surface area contributed by atoms with E-state index in [1.807, 2.05) is 18.2 Å². The molecule has 0 aliphatic rings. The summed E-state index contributed by atoms with van der Waals surface area (Å²) in [6.07, 6.45) is 1.52. The molecular formula is C23H18ClN3O4. The Hall–Kier alpha value is -3.84. The minimum Gasteiger partial charge on any atom is -0.487 e. The zero-order valence-corrected chi connectivity index (χ0v) is 17.1. The Labute approximate surface area is 182 Å². The Morgan fingerprint density at radius 2 is 1.77 bits per heavy atom. The number of rotatable bonds is 7. The number of pyridine rings is 1. The van der Waals surface area contributed by atoms with E-state index in [0.29, 0.717) is 33.6 Å². The number of ether oxygens (including phenoxy) is 2. The van der Waals surface area contributed by atoms with Crippen LogP contribution in [0, 0.1) is 0 Å². The van der Waals surface area contributed by atoms with E-state index >= 15 is 0 Å². The van der Waals surface area contributed by atoms with Crippen LogP contribution >= 0.6 is 11.6 Å². The number of hydrogen-bond acceptors (Lipinski definition) is 5. The Balaban J connectivity index is 1.37. The number of nitrogens with zero attached hydrogens (tertiary/aromatic N) is 2. The van der Waals surface area contributed by atoms with Crippen molar-refractivity contribution in [3.05, 3.63) is 100 Å². The molecule has 2 aromatic carbocycles. The number of hydrogen-bond donors (Lipinski definition) is 1. The second kappa shape index (κ2) is 9.32. The van der Waals surface area contributed by atoms with Gasteiger partial charge in [0.2, 0.25) is 0 Å². The van der Waals surface area contributed by atoms with Gasteiger partial charge in [-0.05, 0) is 36.4 Å². The average molecular weight is 436 g/mol. The molecule has 0 spiro atoms. The number of carbonyl (C=O) groups excluding carboxylic acids is 1. The van der Waals surface area contributed by atoms with Gasteiger partial charge >= 0.3 is 0 Å². The Kier molecular flexibility index (Phi) is 6.14. The number of para-hydroxylation sites is 1. The molecule has 0 aliphatic carbocycles. The molecule has 2 aromatic heterocycles. The molecule has 2 heterocycles. The number of amides is 1. The highest BCUT2D eigenvalue weighted by atomic mass is 35.5. The van der Waals surface area contributed by atoms with Gasteiger partial charge < -0.3 is 14.8 Å². The summed E-state index contributed by atoms with van der Waals surface area (Å²) >= 11 is 5.92. The first-order chi connectivity index (χ1) is 15.1. The van der Waals surface area contributed by atoms with Gasteiger partial charge in [0.05, 0.1) is 10.7 Å². The van der Waals surface area contributed by atoms with Crippen LogP contribution < -0.4 is 20.3 Å². The van der Waals surface area contributed by atoms with Gasteiger partial charge in [0.15, 0.2) is 6.61 Å². The van der Waals surface area contributed by atoms with Gasteiger partial charge in [-0.3, -0.25) is 14.0 Å². The number of fused-ring (bicyclic) bond motifs is 1. The standard InChI is InChI=1S/C23H18ClN3O4/c24-16-9-10-21-25-18(12-23(29)27(21)13-16)14-30-20-8-4-5-17(11-20)26-22(28)15-31-19-6-2-1-3-7-19/h1-13H,14-15H2,(H,26,28). The lowest BCUT2D eigenvalue weighted by Crippen LogP contribution is -2.20. The van der Waals surface area contributed by atoms with Crippen molar-refractivity contribution in [3.8, 4) is 11.5 Å². The Morgan fingerprint density at radius 3 is 2.61 bits per heavy atom. The summed E-state index contributed by atoms with van der Waals surface area (Å²) in [7, 11) is 0. The summed E-state index contributed by atoms with van der Waals surface area (Å²) in [6.45, 7) is -0.00699. The maximum absolute atomic E-state index is 12.3. The molecule has 0 saturated carbocycles. The van der Waals surface area contributed by atoms with Crippen LogP contribution in [0.4, 0.5) is 5.69 Å². The number of benzene rings is 2. The summed E-state index contributed by atoms with van der Waals surface area (Å²) in [5, 5.41) is 3.22. The fourth-order valence-corrected chi connectivity index (χ4v) is 3.04. The number of aromatic nitrogens is 2. The van der Waals surface area contributed by atoms with Crippen LogP contribution in [0.25, 0.3) is 5.65 Å². The van der Waals surface area contributed by atoms with Gasteiger partial charge in [-0.2, -0.15) is 0 Å². The molecule has 31 heavy (non-hydrogen) atoms. The molecule has 4 aromatic rings. The van der Waals surface area contributed by atoms with Crippen LogP contribution in [0.1, 0.15) is 5.69 Å². The molecule has 0 atom stereocenters. The molecule has 156 valence electrons. The van der Waals surface area contributed by atoms with Crippen molar-refractivity contribution >= 4 is 28.8 Å². The molecule has 0 unspecified atom stereocenters. The molecule has 0 radical (unpaired) electrons. The fraction of sp³-hybridized carbons (Fsp3) is 0.0870. The van der Waals surface area contributed by atoms with E-state index in [-0.39, 0.29) is 24.7 Å². The molecule has 7 nitrogen and oxygen atoms in total. The first-order valence-electron chi connectivity index (χ1n) is 9.45. The molecule has 8 heteroatoms. The first kappa shape index (κ1) is 20.4. The lowest BCUT2D eigenvalue weighted by Gasteiger charge is -2.10. The molecular weight excluding hydrogens is 418 g/mol. The normalized spacial score (nSPS) is 10.6. The molecule has 4 rings (SSSR count). The third-order valence-corrected chi connectivity index (χ3v) is 4.52. The second-order valence-corrected chi connectivity index (χ2v) is 7.06. The number of halogens is 1. The second-order valence-electron chi connectivity index (χ2n) is 6.63. The maximum Gasteiger partial charge on any atom is 0.262 e. The van der Waals surface area contributed by atoms with Crippen LogP contribution in [-0.2, 0) is 11.4 Å². The summed E-state index contributed by atoms with van der Waals surface area (Å²) in [4.78, 5) is 28.8. The average Bonchev–Trinajstić information content (AvgIpc) is 2.78. The largest absolute Gasteiger partial charge is 0.487 e. The Bertz CT molecular complexity index is 1270. The van der Waals surface area contributed by atoms with E-state index in [9.17, 15) is 9.59 Å². The molecule has 0 aliphatic heterocycles. The van der Waals surface area contributed by atoms with E-state index in [0.717, 1.165) is 0 Å². The van der Waals surface area contributed by atoms with E-state index in [1.165, 1.54) is 16.7 Å². The van der Waals surface area contributed by atoms with E-state index in [4.69, 9.17) is 21.1 Å². The zero-order chi connectivity index (χ0) is 21.6. The number of nitrogens with one attached hydrogen (secondary N) is 1. The molecule has 1 N–H and O–H groups in total. The van der Waals surface area contributed by atoms with Crippen molar-refractivity contribution < 1.29 is 14.3 Å². The smallest absolute Gasteiger partial charge is 0.262 e. The van der Waals surface area contributed by atoms with Crippen molar-refractivity contribution in [3.63, 3.8) is 0 Å².